The van der Waals surface area contributed by atoms with Crippen LogP contribution in [0.15, 0.2) is 18.2 Å². The first kappa shape index (κ1) is 14.7. The van der Waals surface area contributed by atoms with Crippen LogP contribution in [0.25, 0.3) is 0 Å². The molecule has 0 spiro atoms. The molecule has 0 aliphatic carbocycles. The van der Waals surface area contributed by atoms with Crippen LogP contribution >= 0.6 is 0 Å². The van der Waals surface area contributed by atoms with E-state index in [-0.39, 0.29) is 12.6 Å². The number of carbonyl (C=O) groups excluding carboxylic acids is 1. The first-order valence-electron chi connectivity index (χ1n) is 6.45. The Balaban J connectivity index is 2.09. The Labute approximate surface area is 115 Å². The van der Waals surface area contributed by atoms with E-state index in [1.807, 2.05) is 0 Å². The van der Waals surface area contributed by atoms with E-state index in [4.69, 9.17) is 10.6 Å². The van der Waals surface area contributed by atoms with Crippen LogP contribution in [0.2, 0.25) is 0 Å². The molecule has 1 amide bonds. The number of nitrogens with zero attached hydrogens (tertiary/aromatic N) is 1. The third kappa shape index (κ3) is 3.88. The third-order valence-electron chi connectivity index (χ3n) is 3.25. The van der Waals surface area contributed by atoms with Gasteiger partial charge < -0.3 is 15.9 Å². The van der Waals surface area contributed by atoms with E-state index < -0.39 is 17.7 Å². The van der Waals surface area contributed by atoms with Crippen molar-refractivity contribution in [2.45, 2.75) is 25.4 Å². The van der Waals surface area contributed by atoms with Crippen LogP contribution in [0.1, 0.15) is 18.4 Å². The highest BCUT2D eigenvalue weighted by Crippen LogP contribution is 2.17. The van der Waals surface area contributed by atoms with Crippen LogP contribution in [0, 0.1) is 11.6 Å². The van der Waals surface area contributed by atoms with E-state index in [0.29, 0.717) is 5.56 Å². The van der Waals surface area contributed by atoms with Crippen molar-refractivity contribution >= 4 is 6.09 Å². The van der Waals surface area contributed by atoms with Gasteiger partial charge in [0.25, 0.3) is 0 Å². The van der Waals surface area contributed by atoms with Crippen molar-refractivity contribution in [2.24, 2.45) is 5.73 Å². The summed E-state index contributed by atoms with van der Waals surface area (Å²) in [6.45, 7) is 1.78. The average molecular weight is 285 g/mol. The molecule has 0 bridgehead atoms. The monoisotopic (exact) mass is 285 g/mol. The number of hydroxylamine groups is 2. The lowest BCUT2D eigenvalue weighted by atomic mass is 10.1. The number of amides is 1. The van der Waals surface area contributed by atoms with Gasteiger partial charge in [-0.2, -0.15) is 0 Å². The number of hydrogen-bond donors (Lipinski definition) is 2. The summed E-state index contributed by atoms with van der Waals surface area (Å²) >= 11 is 0. The molecule has 0 atom stereocenters. The van der Waals surface area contributed by atoms with Crippen molar-refractivity contribution in [3.05, 3.63) is 35.4 Å². The molecule has 3 N–H and O–H groups in total. The minimum absolute atomic E-state index is 0.0110. The molecule has 0 aromatic heterocycles. The summed E-state index contributed by atoms with van der Waals surface area (Å²) in [5.74, 6) is -1.83. The van der Waals surface area contributed by atoms with Gasteiger partial charge in [-0.15, -0.1) is 5.06 Å². The maximum absolute atomic E-state index is 13.2. The fourth-order valence-electron chi connectivity index (χ4n) is 2.26. The highest BCUT2D eigenvalue weighted by molar-refractivity contribution is 5.64. The zero-order chi connectivity index (χ0) is 14.5. The molecular weight excluding hydrogens is 268 g/mol. The van der Waals surface area contributed by atoms with Crippen LogP contribution < -0.4 is 11.1 Å². The van der Waals surface area contributed by atoms with E-state index in [0.717, 1.165) is 38.1 Å². The summed E-state index contributed by atoms with van der Waals surface area (Å²) in [4.78, 5) is 16.0. The zero-order valence-corrected chi connectivity index (χ0v) is 10.9. The molecule has 2 rings (SSSR count). The number of nitrogens with two attached hydrogens (primary N) is 1. The number of halogens is 2. The third-order valence-corrected chi connectivity index (χ3v) is 3.25. The molecular formula is C13H17F2N3O2. The van der Waals surface area contributed by atoms with Gasteiger partial charge in [0.05, 0.1) is 6.54 Å². The Kier molecular flexibility index (Phi) is 4.86. The maximum Gasteiger partial charge on any atom is 0.423 e. The Morgan fingerprint density at radius 2 is 2.05 bits per heavy atom. The van der Waals surface area contributed by atoms with E-state index in [2.05, 4.69) is 5.32 Å². The second kappa shape index (κ2) is 6.62. The Morgan fingerprint density at radius 3 is 2.65 bits per heavy atom. The van der Waals surface area contributed by atoms with Crippen LogP contribution in [-0.4, -0.2) is 30.3 Å². The van der Waals surface area contributed by atoms with Gasteiger partial charge in [-0.25, -0.2) is 13.6 Å². The van der Waals surface area contributed by atoms with Crippen molar-refractivity contribution < 1.29 is 18.4 Å². The summed E-state index contributed by atoms with van der Waals surface area (Å²) in [5, 5.41) is 4.64. The van der Waals surface area contributed by atoms with Crippen molar-refractivity contribution in [3.8, 4) is 0 Å². The fraction of sp³-hybridized carbons (Fsp3) is 0.462. The van der Waals surface area contributed by atoms with Gasteiger partial charge in [-0.3, -0.25) is 0 Å². The van der Waals surface area contributed by atoms with Crippen molar-refractivity contribution in [1.29, 1.82) is 0 Å². The number of primary amides is 1. The summed E-state index contributed by atoms with van der Waals surface area (Å²) in [7, 11) is 0. The van der Waals surface area contributed by atoms with Crippen molar-refractivity contribution in [3.63, 3.8) is 0 Å². The van der Waals surface area contributed by atoms with Crippen LogP contribution in [0.3, 0.4) is 0 Å². The first-order chi connectivity index (χ1) is 9.56. The molecule has 1 aromatic carbocycles. The molecule has 0 saturated carbocycles. The Hall–Kier alpha value is -1.73. The predicted molar refractivity (Wildman–Crippen MR) is 68.5 cm³/mol. The molecule has 1 aliphatic heterocycles. The summed E-state index contributed by atoms with van der Waals surface area (Å²) in [6, 6.07) is 3.61. The molecule has 1 saturated heterocycles. The molecule has 7 heteroatoms. The number of nitrogens with one attached hydrogen (secondary N) is 1. The quantitative estimate of drug-likeness (QED) is 0.823. The first-order valence-corrected chi connectivity index (χ1v) is 6.45. The van der Waals surface area contributed by atoms with Crippen molar-refractivity contribution in [2.75, 3.05) is 13.1 Å². The van der Waals surface area contributed by atoms with E-state index in [1.165, 1.54) is 11.1 Å². The van der Waals surface area contributed by atoms with Gasteiger partial charge in [0.15, 0.2) is 11.6 Å². The van der Waals surface area contributed by atoms with Crippen LogP contribution in [-0.2, 0) is 11.4 Å². The predicted octanol–water partition coefficient (Wildman–Crippen LogP) is 1.53. The molecule has 20 heavy (non-hydrogen) atoms. The van der Waals surface area contributed by atoms with Gasteiger partial charge in [0.1, 0.15) is 0 Å². The smallest absolute Gasteiger partial charge is 0.351 e. The van der Waals surface area contributed by atoms with Crippen LogP contribution in [0.5, 0.6) is 0 Å². The van der Waals surface area contributed by atoms with E-state index in [9.17, 15) is 13.6 Å². The number of hydrogen-bond acceptors (Lipinski definition) is 4. The van der Waals surface area contributed by atoms with Gasteiger partial charge in [0.2, 0.25) is 0 Å². The lowest BCUT2D eigenvalue weighted by molar-refractivity contribution is -0.142. The van der Waals surface area contributed by atoms with E-state index >= 15 is 0 Å². The van der Waals surface area contributed by atoms with Crippen LogP contribution in [0.4, 0.5) is 13.6 Å². The Bertz CT molecular complexity index is 479. The molecule has 1 heterocycles. The molecule has 5 nitrogen and oxygen atoms in total. The highest BCUT2D eigenvalue weighted by atomic mass is 19.2. The fourth-order valence-corrected chi connectivity index (χ4v) is 2.26. The normalized spacial score (nSPS) is 16.4. The van der Waals surface area contributed by atoms with E-state index in [1.54, 1.807) is 0 Å². The molecule has 0 unspecified atom stereocenters. The summed E-state index contributed by atoms with van der Waals surface area (Å²) in [6.07, 6.45) is 0.666. The number of rotatable bonds is 4. The maximum atomic E-state index is 13.2. The Morgan fingerprint density at radius 1 is 1.35 bits per heavy atom. The summed E-state index contributed by atoms with van der Waals surface area (Å²) < 4.78 is 26.1. The second-order valence-corrected chi connectivity index (χ2v) is 4.72. The van der Waals surface area contributed by atoms with Gasteiger partial charge in [-0.05, 0) is 43.6 Å². The standard InChI is InChI=1S/C13H17F2N3O2/c14-11-2-1-9(7-12(11)15)8-18(20-13(16)19)10-3-5-17-6-4-10/h1-2,7,10,17H,3-6,8H2,(H2,16,19). The van der Waals surface area contributed by atoms with Crippen molar-refractivity contribution in [1.82, 2.24) is 10.4 Å². The minimum Gasteiger partial charge on any atom is -0.351 e. The lowest BCUT2D eigenvalue weighted by Gasteiger charge is -2.32. The lowest BCUT2D eigenvalue weighted by Crippen LogP contribution is -2.44. The summed E-state index contributed by atoms with van der Waals surface area (Å²) in [5.41, 5.74) is 5.57. The molecule has 0 radical (unpaired) electrons. The van der Waals surface area contributed by atoms with Gasteiger partial charge in [-0.1, -0.05) is 6.07 Å². The topological polar surface area (TPSA) is 67.6 Å². The molecule has 110 valence electrons. The number of carbonyl (C=O) groups is 1. The van der Waals surface area contributed by atoms with Gasteiger partial charge in [0, 0.05) is 6.04 Å². The zero-order valence-electron chi connectivity index (χ0n) is 10.9. The molecule has 1 aliphatic rings. The molecule has 1 aromatic rings. The minimum atomic E-state index is -0.924. The SMILES string of the molecule is NC(=O)ON(Cc1ccc(F)c(F)c1)C1CCNCC1. The number of piperidine rings is 1. The average Bonchev–Trinajstić information content (AvgIpc) is 2.43. The second-order valence-electron chi connectivity index (χ2n) is 4.72. The molecule has 1 fully saturated rings. The highest BCUT2D eigenvalue weighted by Gasteiger charge is 2.24. The number of benzene rings is 1. The van der Waals surface area contributed by atoms with Gasteiger partial charge >= 0.3 is 6.09 Å². The largest absolute Gasteiger partial charge is 0.423 e.